The highest BCUT2D eigenvalue weighted by molar-refractivity contribution is 6.07. The van der Waals surface area contributed by atoms with Crippen molar-refractivity contribution in [2.45, 2.75) is 32.4 Å². The maximum atomic E-state index is 13.4. The van der Waals surface area contributed by atoms with Crippen LogP contribution in [0.1, 0.15) is 31.4 Å². The Morgan fingerprint density at radius 1 is 1.07 bits per heavy atom. The van der Waals surface area contributed by atoms with Crippen molar-refractivity contribution in [1.82, 2.24) is 15.1 Å². The van der Waals surface area contributed by atoms with Crippen molar-refractivity contribution in [3.05, 3.63) is 71.5 Å². The van der Waals surface area contributed by atoms with E-state index < -0.39 is 5.54 Å². The molecule has 1 aliphatic heterocycles. The van der Waals surface area contributed by atoms with Crippen LogP contribution in [0.2, 0.25) is 0 Å². The highest BCUT2D eigenvalue weighted by Gasteiger charge is 2.52. The largest absolute Gasteiger partial charge is 0.326 e. The summed E-state index contributed by atoms with van der Waals surface area (Å²) in [6.45, 7) is 4.73. The zero-order valence-electron chi connectivity index (χ0n) is 16.5. The van der Waals surface area contributed by atoms with Crippen molar-refractivity contribution in [3.8, 4) is 0 Å². The number of nitrogens with one attached hydrogen (secondary N) is 1. The fourth-order valence-corrected chi connectivity index (χ4v) is 3.73. The van der Waals surface area contributed by atoms with E-state index in [4.69, 9.17) is 0 Å². The number of carbonyl (C=O) groups excluding carboxylic acids is 2. The maximum absolute atomic E-state index is 13.4. The zero-order valence-corrected chi connectivity index (χ0v) is 16.5. The maximum Gasteiger partial charge on any atom is 0.326 e. The molecule has 2 aromatic rings. The molecule has 0 radical (unpaired) electrons. The molecule has 1 fully saturated rings. The Labute approximate surface area is 165 Å². The molecular formula is C22H26FN3O2. The van der Waals surface area contributed by atoms with E-state index >= 15 is 0 Å². The SMILES string of the molecule is CC(C)CC1(c2ccccc2)NC(=O)N(CN(C)Cc2ccc(F)cc2)C1=O. The quantitative estimate of drug-likeness (QED) is 0.742. The van der Waals surface area contributed by atoms with Gasteiger partial charge in [0.2, 0.25) is 0 Å². The summed E-state index contributed by atoms with van der Waals surface area (Å²) in [5, 5.41) is 2.95. The van der Waals surface area contributed by atoms with Gasteiger partial charge in [0.15, 0.2) is 0 Å². The number of benzene rings is 2. The van der Waals surface area contributed by atoms with E-state index in [1.807, 2.05) is 56.1 Å². The molecular weight excluding hydrogens is 357 g/mol. The minimum atomic E-state index is -1.04. The van der Waals surface area contributed by atoms with E-state index in [-0.39, 0.29) is 30.3 Å². The first-order valence-corrected chi connectivity index (χ1v) is 9.44. The lowest BCUT2D eigenvalue weighted by Crippen LogP contribution is -2.46. The smallest absolute Gasteiger partial charge is 0.319 e. The molecule has 0 aromatic heterocycles. The van der Waals surface area contributed by atoms with Crippen molar-refractivity contribution in [1.29, 1.82) is 0 Å². The monoisotopic (exact) mass is 383 g/mol. The number of carbonyl (C=O) groups is 2. The van der Waals surface area contributed by atoms with E-state index in [1.54, 1.807) is 12.1 Å². The van der Waals surface area contributed by atoms with Gasteiger partial charge in [0.1, 0.15) is 11.4 Å². The molecule has 0 aliphatic carbocycles. The number of rotatable bonds is 7. The summed E-state index contributed by atoms with van der Waals surface area (Å²) < 4.78 is 13.1. The molecule has 28 heavy (non-hydrogen) atoms. The Kier molecular flexibility index (Phi) is 5.79. The average Bonchev–Trinajstić information content (AvgIpc) is 2.89. The van der Waals surface area contributed by atoms with Gasteiger partial charge in [-0.15, -0.1) is 0 Å². The van der Waals surface area contributed by atoms with Crippen molar-refractivity contribution < 1.29 is 14.0 Å². The summed E-state index contributed by atoms with van der Waals surface area (Å²) in [6, 6.07) is 15.2. The van der Waals surface area contributed by atoms with E-state index in [1.165, 1.54) is 17.0 Å². The molecule has 0 spiro atoms. The summed E-state index contributed by atoms with van der Waals surface area (Å²) in [6.07, 6.45) is 0.528. The summed E-state index contributed by atoms with van der Waals surface area (Å²) in [4.78, 5) is 29.2. The van der Waals surface area contributed by atoms with Crippen LogP contribution in [0.25, 0.3) is 0 Å². The van der Waals surface area contributed by atoms with Gasteiger partial charge in [0.25, 0.3) is 5.91 Å². The lowest BCUT2D eigenvalue weighted by atomic mass is 9.82. The lowest BCUT2D eigenvalue weighted by molar-refractivity contribution is -0.133. The Bertz CT molecular complexity index is 839. The molecule has 3 amide bonds. The van der Waals surface area contributed by atoms with Crippen LogP contribution in [0.5, 0.6) is 0 Å². The number of nitrogens with zero attached hydrogens (tertiary/aromatic N) is 2. The van der Waals surface area contributed by atoms with E-state index in [0.717, 1.165) is 11.1 Å². The zero-order chi connectivity index (χ0) is 20.3. The molecule has 1 saturated heterocycles. The number of imide groups is 1. The molecule has 1 atom stereocenters. The number of halogens is 1. The van der Waals surface area contributed by atoms with Crippen molar-refractivity contribution in [2.24, 2.45) is 5.92 Å². The van der Waals surface area contributed by atoms with Gasteiger partial charge in [0, 0.05) is 6.54 Å². The number of amides is 3. The number of urea groups is 1. The second kappa shape index (κ2) is 8.10. The summed E-state index contributed by atoms with van der Waals surface area (Å²) in [5.74, 6) is -0.300. The van der Waals surface area contributed by atoms with Gasteiger partial charge in [-0.05, 0) is 42.6 Å². The first-order valence-electron chi connectivity index (χ1n) is 9.44. The molecule has 1 aliphatic rings. The third kappa shape index (κ3) is 4.07. The second-order valence-electron chi connectivity index (χ2n) is 7.81. The van der Waals surface area contributed by atoms with Crippen LogP contribution in [0, 0.1) is 11.7 Å². The average molecular weight is 383 g/mol. The Balaban J connectivity index is 1.80. The van der Waals surface area contributed by atoms with Crippen LogP contribution in [0.3, 0.4) is 0 Å². The van der Waals surface area contributed by atoms with E-state index in [0.29, 0.717) is 13.0 Å². The summed E-state index contributed by atoms with van der Waals surface area (Å²) >= 11 is 0. The predicted molar refractivity (Wildman–Crippen MR) is 106 cm³/mol. The first-order chi connectivity index (χ1) is 13.3. The van der Waals surface area contributed by atoms with Gasteiger partial charge in [-0.2, -0.15) is 0 Å². The molecule has 1 unspecified atom stereocenters. The molecule has 1 N–H and O–H groups in total. The molecule has 1 heterocycles. The minimum Gasteiger partial charge on any atom is -0.319 e. The van der Waals surface area contributed by atoms with Crippen LogP contribution < -0.4 is 5.32 Å². The van der Waals surface area contributed by atoms with E-state index in [2.05, 4.69) is 5.32 Å². The Morgan fingerprint density at radius 3 is 2.32 bits per heavy atom. The Morgan fingerprint density at radius 2 is 1.71 bits per heavy atom. The highest BCUT2D eigenvalue weighted by Crippen LogP contribution is 2.35. The molecule has 6 heteroatoms. The molecule has 0 bridgehead atoms. The first kappa shape index (κ1) is 20.0. The van der Waals surface area contributed by atoms with Crippen LogP contribution in [0.15, 0.2) is 54.6 Å². The van der Waals surface area contributed by atoms with Crippen molar-refractivity contribution >= 4 is 11.9 Å². The van der Waals surface area contributed by atoms with Crippen LogP contribution in [0.4, 0.5) is 9.18 Å². The fourth-order valence-electron chi connectivity index (χ4n) is 3.73. The fraction of sp³-hybridized carbons (Fsp3) is 0.364. The van der Waals surface area contributed by atoms with Gasteiger partial charge in [-0.1, -0.05) is 56.3 Å². The molecule has 3 rings (SSSR count). The highest BCUT2D eigenvalue weighted by atomic mass is 19.1. The van der Waals surface area contributed by atoms with E-state index in [9.17, 15) is 14.0 Å². The lowest BCUT2D eigenvalue weighted by Gasteiger charge is -2.29. The molecule has 5 nitrogen and oxygen atoms in total. The van der Waals surface area contributed by atoms with Crippen LogP contribution in [-0.2, 0) is 16.9 Å². The molecule has 148 valence electrons. The predicted octanol–water partition coefficient (Wildman–Crippen LogP) is 3.71. The van der Waals surface area contributed by atoms with Gasteiger partial charge in [-0.25, -0.2) is 14.1 Å². The van der Waals surface area contributed by atoms with Crippen LogP contribution in [-0.4, -0.2) is 35.5 Å². The van der Waals surface area contributed by atoms with Crippen molar-refractivity contribution in [2.75, 3.05) is 13.7 Å². The Hall–Kier alpha value is -2.73. The van der Waals surface area contributed by atoms with Gasteiger partial charge < -0.3 is 5.32 Å². The molecule has 0 saturated carbocycles. The third-order valence-electron chi connectivity index (χ3n) is 4.91. The summed E-state index contributed by atoms with van der Waals surface area (Å²) in [5.41, 5.74) is 0.668. The minimum absolute atomic E-state index is 0.161. The number of hydrogen-bond acceptors (Lipinski definition) is 3. The van der Waals surface area contributed by atoms with Crippen molar-refractivity contribution in [3.63, 3.8) is 0 Å². The van der Waals surface area contributed by atoms with Crippen LogP contribution >= 0.6 is 0 Å². The standard InChI is InChI=1S/C22H26FN3O2/c1-16(2)13-22(18-7-5-4-6-8-18)20(27)26(21(28)24-22)15-25(3)14-17-9-11-19(23)12-10-17/h4-12,16H,13-15H2,1-3H3,(H,24,28). The topological polar surface area (TPSA) is 52.7 Å². The molecule has 2 aromatic carbocycles. The van der Waals surface area contributed by atoms with Gasteiger partial charge >= 0.3 is 6.03 Å². The normalized spacial score (nSPS) is 19.6. The van der Waals surface area contributed by atoms with Gasteiger partial charge in [-0.3, -0.25) is 9.69 Å². The summed E-state index contributed by atoms with van der Waals surface area (Å²) in [7, 11) is 1.83. The van der Waals surface area contributed by atoms with Gasteiger partial charge in [0.05, 0.1) is 6.67 Å². The second-order valence-corrected chi connectivity index (χ2v) is 7.81. The third-order valence-corrected chi connectivity index (χ3v) is 4.91. The number of hydrogen-bond donors (Lipinski definition) is 1.